The predicted molar refractivity (Wildman–Crippen MR) is 71.3 cm³/mol. The first-order valence-electron chi connectivity index (χ1n) is 6.34. The molecule has 0 atom stereocenters. The van der Waals surface area contributed by atoms with Gasteiger partial charge >= 0.3 is 5.97 Å². The van der Waals surface area contributed by atoms with E-state index in [0.717, 1.165) is 24.2 Å². The molecule has 1 N–H and O–H groups in total. The van der Waals surface area contributed by atoms with Crippen LogP contribution in [-0.4, -0.2) is 27.4 Å². The van der Waals surface area contributed by atoms with Crippen LogP contribution in [0.2, 0.25) is 0 Å². The molecule has 2 aromatic rings. The molecule has 0 bridgehead atoms. The number of aryl methyl sites for hydroxylation is 1. The van der Waals surface area contributed by atoms with E-state index in [1.165, 1.54) is 18.3 Å². The Balaban J connectivity index is 1.93. The van der Waals surface area contributed by atoms with E-state index in [1.807, 2.05) is 4.90 Å². The molecular weight excluding hydrogens is 261 g/mol. The number of nitrogens with zero attached hydrogens (tertiary/aromatic N) is 3. The number of hydrogen-bond acceptors (Lipinski definition) is 3. The lowest BCUT2D eigenvalue weighted by Crippen LogP contribution is -2.23. The first-order chi connectivity index (χ1) is 9.56. The maximum atomic E-state index is 13.4. The Labute approximate surface area is 115 Å². The Morgan fingerprint density at radius 3 is 3.05 bits per heavy atom. The van der Waals surface area contributed by atoms with Gasteiger partial charge < -0.3 is 10.0 Å². The van der Waals surface area contributed by atoms with E-state index in [-0.39, 0.29) is 11.4 Å². The summed E-state index contributed by atoms with van der Waals surface area (Å²) in [5, 5.41) is 13.1. The molecular formula is C14H14FN3O2. The number of rotatable bonds is 3. The van der Waals surface area contributed by atoms with Gasteiger partial charge in [-0.2, -0.15) is 5.10 Å². The fourth-order valence-corrected chi connectivity index (χ4v) is 2.59. The van der Waals surface area contributed by atoms with Crippen LogP contribution in [-0.2, 0) is 20.0 Å². The number of aromatic carboxylic acids is 1. The number of carbonyl (C=O) groups is 1. The summed E-state index contributed by atoms with van der Waals surface area (Å²) in [6.45, 7) is 1.16. The van der Waals surface area contributed by atoms with Crippen molar-refractivity contribution in [3.05, 3.63) is 47.0 Å². The maximum absolute atomic E-state index is 13.4. The molecule has 0 spiro atoms. The Morgan fingerprint density at radius 1 is 1.50 bits per heavy atom. The molecule has 6 heteroatoms. The minimum Gasteiger partial charge on any atom is -0.478 e. The van der Waals surface area contributed by atoms with Crippen molar-refractivity contribution in [2.45, 2.75) is 13.0 Å². The second kappa shape index (κ2) is 4.63. The molecule has 5 nitrogen and oxygen atoms in total. The zero-order valence-corrected chi connectivity index (χ0v) is 11.0. The second-order valence-corrected chi connectivity index (χ2v) is 4.88. The third kappa shape index (κ3) is 2.03. The standard InChI is InChI=1S/C14H14FN3O2/c1-17-13(11(7-16-17)14(19)20)8-18-5-4-9-2-3-10(15)6-12(9)18/h2-3,6-7H,4-5,8H2,1H3,(H,19,20). The molecule has 3 rings (SSSR count). The average Bonchev–Trinajstić information content (AvgIpc) is 2.95. The van der Waals surface area contributed by atoms with Crippen LogP contribution in [0.3, 0.4) is 0 Å². The quantitative estimate of drug-likeness (QED) is 0.928. The van der Waals surface area contributed by atoms with Crippen molar-refractivity contribution in [2.75, 3.05) is 11.4 Å². The van der Waals surface area contributed by atoms with Gasteiger partial charge in [0.15, 0.2) is 0 Å². The molecule has 0 radical (unpaired) electrons. The molecule has 0 saturated heterocycles. The van der Waals surface area contributed by atoms with Crippen LogP contribution in [0.25, 0.3) is 0 Å². The van der Waals surface area contributed by atoms with E-state index >= 15 is 0 Å². The van der Waals surface area contributed by atoms with Gasteiger partial charge in [-0.25, -0.2) is 9.18 Å². The zero-order valence-electron chi connectivity index (χ0n) is 11.0. The Kier molecular flexibility index (Phi) is 2.93. The van der Waals surface area contributed by atoms with Gasteiger partial charge in [0.25, 0.3) is 0 Å². The fraction of sp³-hybridized carbons (Fsp3) is 0.286. The molecule has 0 aliphatic carbocycles. The minimum absolute atomic E-state index is 0.192. The van der Waals surface area contributed by atoms with E-state index in [2.05, 4.69) is 5.10 Å². The lowest BCUT2D eigenvalue weighted by Gasteiger charge is -2.20. The molecule has 1 aliphatic heterocycles. The lowest BCUT2D eigenvalue weighted by atomic mass is 10.1. The van der Waals surface area contributed by atoms with Crippen molar-refractivity contribution >= 4 is 11.7 Å². The number of halogens is 1. The number of hydrogen-bond donors (Lipinski definition) is 1. The molecule has 104 valence electrons. The molecule has 0 fully saturated rings. The van der Waals surface area contributed by atoms with E-state index in [1.54, 1.807) is 17.8 Å². The van der Waals surface area contributed by atoms with E-state index in [0.29, 0.717) is 12.2 Å². The maximum Gasteiger partial charge on any atom is 0.339 e. The fourth-order valence-electron chi connectivity index (χ4n) is 2.59. The van der Waals surface area contributed by atoms with Crippen molar-refractivity contribution in [3.8, 4) is 0 Å². The topological polar surface area (TPSA) is 58.4 Å². The Hall–Kier alpha value is -2.37. The molecule has 1 aromatic heterocycles. The van der Waals surface area contributed by atoms with E-state index < -0.39 is 5.97 Å². The predicted octanol–water partition coefficient (Wildman–Crippen LogP) is 1.82. The van der Waals surface area contributed by atoms with Crippen molar-refractivity contribution in [1.29, 1.82) is 0 Å². The summed E-state index contributed by atoms with van der Waals surface area (Å²) in [4.78, 5) is 13.2. The number of benzene rings is 1. The third-order valence-electron chi connectivity index (χ3n) is 3.67. The molecule has 0 amide bonds. The highest BCUT2D eigenvalue weighted by atomic mass is 19.1. The van der Waals surface area contributed by atoms with Crippen LogP contribution in [0.4, 0.5) is 10.1 Å². The number of carboxylic acid groups (broad SMARTS) is 1. The molecule has 20 heavy (non-hydrogen) atoms. The monoisotopic (exact) mass is 275 g/mol. The summed E-state index contributed by atoms with van der Waals surface area (Å²) in [5.74, 6) is -1.27. The molecule has 1 aliphatic rings. The normalized spacial score (nSPS) is 13.6. The summed E-state index contributed by atoms with van der Waals surface area (Å²) < 4.78 is 14.9. The smallest absolute Gasteiger partial charge is 0.339 e. The molecule has 0 saturated carbocycles. The van der Waals surface area contributed by atoms with Gasteiger partial charge in [-0.1, -0.05) is 6.07 Å². The summed E-state index contributed by atoms with van der Waals surface area (Å²) >= 11 is 0. The summed E-state index contributed by atoms with van der Waals surface area (Å²) in [5.41, 5.74) is 2.74. The van der Waals surface area contributed by atoms with Gasteiger partial charge in [0.05, 0.1) is 18.4 Å². The van der Waals surface area contributed by atoms with Gasteiger partial charge in [0, 0.05) is 19.3 Å². The van der Waals surface area contributed by atoms with Crippen molar-refractivity contribution < 1.29 is 14.3 Å². The van der Waals surface area contributed by atoms with E-state index in [9.17, 15) is 9.18 Å². The van der Waals surface area contributed by atoms with Gasteiger partial charge in [-0.15, -0.1) is 0 Å². The van der Waals surface area contributed by atoms with Gasteiger partial charge in [0.2, 0.25) is 0 Å². The number of anilines is 1. The van der Waals surface area contributed by atoms with Gasteiger partial charge in [-0.05, 0) is 24.1 Å². The first-order valence-corrected chi connectivity index (χ1v) is 6.34. The van der Waals surface area contributed by atoms with E-state index in [4.69, 9.17) is 5.11 Å². The van der Waals surface area contributed by atoms with Crippen molar-refractivity contribution in [2.24, 2.45) is 7.05 Å². The van der Waals surface area contributed by atoms with Crippen LogP contribution < -0.4 is 4.90 Å². The largest absolute Gasteiger partial charge is 0.478 e. The SMILES string of the molecule is Cn1ncc(C(=O)O)c1CN1CCc2ccc(F)cc21. The third-order valence-corrected chi connectivity index (χ3v) is 3.67. The highest BCUT2D eigenvalue weighted by molar-refractivity contribution is 5.88. The van der Waals surface area contributed by atoms with Gasteiger partial charge in [-0.3, -0.25) is 4.68 Å². The van der Waals surface area contributed by atoms with Crippen LogP contribution in [0.5, 0.6) is 0 Å². The van der Waals surface area contributed by atoms with Crippen molar-refractivity contribution in [3.63, 3.8) is 0 Å². The molecule has 1 aromatic carbocycles. The van der Waals surface area contributed by atoms with Crippen LogP contribution >= 0.6 is 0 Å². The van der Waals surface area contributed by atoms with Crippen molar-refractivity contribution in [1.82, 2.24) is 9.78 Å². The number of aromatic nitrogens is 2. The minimum atomic E-state index is -0.994. The summed E-state index contributed by atoms with van der Waals surface area (Å²) in [6, 6.07) is 4.74. The highest BCUT2D eigenvalue weighted by Gasteiger charge is 2.23. The molecule has 2 heterocycles. The first kappa shape index (κ1) is 12.7. The molecule has 0 unspecified atom stereocenters. The average molecular weight is 275 g/mol. The van der Waals surface area contributed by atoms with Crippen LogP contribution in [0.15, 0.2) is 24.4 Å². The summed E-state index contributed by atoms with van der Waals surface area (Å²) in [6.07, 6.45) is 2.19. The van der Waals surface area contributed by atoms with Crippen LogP contribution in [0, 0.1) is 5.82 Å². The highest BCUT2D eigenvalue weighted by Crippen LogP contribution is 2.30. The number of carboxylic acids is 1. The Morgan fingerprint density at radius 2 is 2.30 bits per heavy atom. The zero-order chi connectivity index (χ0) is 14.3. The second-order valence-electron chi connectivity index (χ2n) is 4.88. The number of fused-ring (bicyclic) bond motifs is 1. The lowest BCUT2D eigenvalue weighted by molar-refractivity contribution is 0.0695. The van der Waals surface area contributed by atoms with Crippen LogP contribution in [0.1, 0.15) is 21.6 Å². The Bertz CT molecular complexity index is 681. The van der Waals surface area contributed by atoms with Gasteiger partial charge in [0.1, 0.15) is 11.4 Å². The summed E-state index contributed by atoms with van der Waals surface area (Å²) in [7, 11) is 1.71.